The van der Waals surface area contributed by atoms with Gasteiger partial charge in [0.1, 0.15) is 0 Å². The molecule has 0 aliphatic heterocycles. The van der Waals surface area contributed by atoms with Crippen LogP contribution in [0.25, 0.3) is 0 Å². The molecule has 2 N–H and O–H groups in total. The van der Waals surface area contributed by atoms with Crippen molar-refractivity contribution in [1.82, 2.24) is 0 Å². The van der Waals surface area contributed by atoms with E-state index in [1.807, 2.05) is 0 Å². The van der Waals surface area contributed by atoms with Crippen molar-refractivity contribution in [3.8, 4) is 0 Å². The highest BCUT2D eigenvalue weighted by Gasteiger charge is 1.91. The fraction of sp³-hybridized carbons (Fsp3) is 0.700. The summed E-state index contributed by atoms with van der Waals surface area (Å²) in [6, 6.07) is 0. The Bertz CT molecular complexity index is 307. The lowest BCUT2D eigenvalue weighted by molar-refractivity contribution is -0.133. The topological polar surface area (TPSA) is 74.6 Å². The van der Waals surface area contributed by atoms with Crippen LogP contribution in [0.3, 0.4) is 0 Å². The molecule has 0 aliphatic carbocycles. The predicted octanol–water partition coefficient (Wildman–Crippen LogP) is 6.13. The highest BCUT2D eigenvalue weighted by atomic mass is 32.1. The third-order valence-electron chi connectivity index (χ3n) is 3.24. The van der Waals surface area contributed by atoms with Gasteiger partial charge in [-0.1, -0.05) is 77.9 Å². The molecule has 0 rings (SSSR count). The lowest BCUT2D eigenvalue weighted by Gasteiger charge is -2.00. The van der Waals surface area contributed by atoms with Gasteiger partial charge in [0.2, 0.25) is 0 Å². The van der Waals surface area contributed by atoms with Gasteiger partial charge in [0.25, 0.3) is 0 Å². The first-order chi connectivity index (χ1) is 11.7. The van der Waals surface area contributed by atoms with Gasteiger partial charge in [-0.2, -0.15) is 12.6 Å². The maximum atomic E-state index is 9.60. The molecule has 0 aliphatic rings. The monoisotopic (exact) mass is 374 g/mol. The summed E-state index contributed by atoms with van der Waals surface area (Å²) < 4.78 is 0. The van der Waals surface area contributed by atoms with Crippen LogP contribution in [0.5, 0.6) is 0 Å². The van der Waals surface area contributed by atoms with E-state index in [9.17, 15) is 9.59 Å². The first kappa shape index (κ1) is 28.6. The smallest absolute Gasteiger partial charge is 0.330 e. The molecule has 0 heterocycles. The molecule has 0 fully saturated rings. The van der Waals surface area contributed by atoms with E-state index >= 15 is 0 Å². The third kappa shape index (κ3) is 34.9. The van der Waals surface area contributed by atoms with E-state index in [2.05, 4.69) is 32.7 Å². The van der Waals surface area contributed by atoms with E-state index in [1.54, 1.807) is 0 Å². The molecule has 0 bridgehead atoms. The minimum Gasteiger partial charge on any atom is -0.478 e. The standard InChI is InChI=1S/C12H26S.2C4H6O2/c1-2-3-4-5-6-7-8-9-10-11-12-13;2*1-3(2)4(5)6/h13H,2-12H2,1H3;2*1H2,2H3,(H,5,6). The average Bonchev–Trinajstić information content (AvgIpc) is 2.54. The Balaban J connectivity index is -0.000000336. The number of unbranched alkanes of at least 4 members (excludes halogenated alkanes) is 9. The van der Waals surface area contributed by atoms with Crippen molar-refractivity contribution in [2.24, 2.45) is 0 Å². The number of carboxylic acids is 2. The Morgan fingerprint density at radius 3 is 1.16 bits per heavy atom. The molecular formula is C20H38O4S. The van der Waals surface area contributed by atoms with E-state index in [0.717, 1.165) is 5.75 Å². The predicted molar refractivity (Wildman–Crippen MR) is 111 cm³/mol. The van der Waals surface area contributed by atoms with Crippen molar-refractivity contribution >= 4 is 24.6 Å². The highest BCUT2D eigenvalue weighted by molar-refractivity contribution is 7.80. The van der Waals surface area contributed by atoms with Crippen LogP contribution in [0.2, 0.25) is 0 Å². The van der Waals surface area contributed by atoms with Crippen LogP contribution in [0.15, 0.2) is 24.3 Å². The van der Waals surface area contributed by atoms with Crippen LogP contribution in [0.1, 0.15) is 85.0 Å². The van der Waals surface area contributed by atoms with Gasteiger partial charge >= 0.3 is 11.9 Å². The summed E-state index contributed by atoms with van der Waals surface area (Å²) in [5.74, 6) is -0.804. The molecule has 0 aromatic rings. The second-order valence-electron chi connectivity index (χ2n) is 6.08. The van der Waals surface area contributed by atoms with Gasteiger partial charge in [0.15, 0.2) is 0 Å². The zero-order chi connectivity index (χ0) is 20.1. The number of hydrogen-bond acceptors (Lipinski definition) is 3. The van der Waals surface area contributed by atoms with Crippen LogP contribution < -0.4 is 0 Å². The molecule has 0 aromatic heterocycles. The van der Waals surface area contributed by atoms with Crippen LogP contribution >= 0.6 is 12.6 Å². The molecule has 0 amide bonds. The summed E-state index contributed by atoms with van der Waals surface area (Å²) in [5, 5.41) is 15.8. The molecule has 4 nitrogen and oxygen atoms in total. The number of rotatable bonds is 12. The maximum Gasteiger partial charge on any atom is 0.330 e. The molecule has 0 atom stereocenters. The van der Waals surface area contributed by atoms with Gasteiger partial charge in [-0.3, -0.25) is 0 Å². The van der Waals surface area contributed by atoms with E-state index in [4.69, 9.17) is 10.2 Å². The second-order valence-corrected chi connectivity index (χ2v) is 6.52. The van der Waals surface area contributed by atoms with Crippen molar-refractivity contribution in [1.29, 1.82) is 0 Å². The molecule has 0 aromatic carbocycles. The Morgan fingerprint density at radius 1 is 0.720 bits per heavy atom. The Hall–Kier alpha value is -1.23. The van der Waals surface area contributed by atoms with Gasteiger partial charge in [0.05, 0.1) is 0 Å². The number of thiol groups is 1. The van der Waals surface area contributed by atoms with E-state index in [-0.39, 0.29) is 11.1 Å². The summed E-state index contributed by atoms with van der Waals surface area (Å²) in [6.07, 6.45) is 14.2. The van der Waals surface area contributed by atoms with Crippen molar-refractivity contribution < 1.29 is 19.8 Å². The SMILES string of the molecule is C=C(C)C(=O)O.C=C(C)C(=O)O.CCCCCCCCCCCCS. The summed E-state index contributed by atoms with van der Waals surface area (Å²) in [4.78, 5) is 19.2. The Labute approximate surface area is 159 Å². The lowest BCUT2D eigenvalue weighted by atomic mass is 10.1. The Kier molecular flexibility index (Phi) is 26.0. The maximum absolute atomic E-state index is 9.60. The second kappa shape index (κ2) is 22.8. The molecule has 0 unspecified atom stereocenters. The number of carboxylic acid groups (broad SMARTS) is 2. The normalized spacial score (nSPS) is 9.12. The average molecular weight is 375 g/mol. The van der Waals surface area contributed by atoms with Crippen LogP contribution in [0.4, 0.5) is 0 Å². The van der Waals surface area contributed by atoms with Gasteiger partial charge in [-0.05, 0) is 26.0 Å². The molecule has 148 valence electrons. The summed E-state index contributed by atoms with van der Waals surface area (Å²) >= 11 is 4.20. The molecule has 0 spiro atoms. The fourth-order valence-corrected chi connectivity index (χ4v) is 1.82. The third-order valence-corrected chi connectivity index (χ3v) is 3.56. The zero-order valence-corrected chi connectivity index (χ0v) is 17.2. The molecular weight excluding hydrogens is 336 g/mol. The first-order valence-corrected chi connectivity index (χ1v) is 9.72. The largest absolute Gasteiger partial charge is 0.478 e. The minimum atomic E-state index is -0.935. The minimum absolute atomic E-state index is 0.176. The quantitative estimate of drug-likeness (QED) is 0.218. The number of hydrogen-bond donors (Lipinski definition) is 3. The zero-order valence-electron chi connectivity index (χ0n) is 16.4. The van der Waals surface area contributed by atoms with E-state index in [1.165, 1.54) is 78.1 Å². The molecule has 0 radical (unpaired) electrons. The van der Waals surface area contributed by atoms with Crippen LogP contribution in [-0.4, -0.2) is 27.9 Å². The van der Waals surface area contributed by atoms with Crippen LogP contribution in [0, 0.1) is 0 Å². The summed E-state index contributed by atoms with van der Waals surface area (Å²) in [7, 11) is 0. The van der Waals surface area contributed by atoms with Crippen molar-refractivity contribution in [3.63, 3.8) is 0 Å². The van der Waals surface area contributed by atoms with Gasteiger partial charge in [0, 0.05) is 11.1 Å². The molecule has 0 saturated heterocycles. The van der Waals surface area contributed by atoms with Gasteiger partial charge < -0.3 is 10.2 Å². The van der Waals surface area contributed by atoms with Crippen molar-refractivity contribution in [2.75, 3.05) is 5.75 Å². The van der Waals surface area contributed by atoms with E-state index in [0.29, 0.717) is 0 Å². The first-order valence-electron chi connectivity index (χ1n) is 9.09. The fourth-order valence-electron chi connectivity index (χ4n) is 1.60. The van der Waals surface area contributed by atoms with Crippen molar-refractivity contribution in [2.45, 2.75) is 85.0 Å². The van der Waals surface area contributed by atoms with Crippen LogP contribution in [-0.2, 0) is 9.59 Å². The summed E-state index contributed by atoms with van der Waals surface area (Å²) in [5.41, 5.74) is 0.352. The Morgan fingerprint density at radius 2 is 0.960 bits per heavy atom. The summed E-state index contributed by atoms with van der Waals surface area (Å²) in [6.45, 7) is 11.5. The van der Waals surface area contributed by atoms with E-state index < -0.39 is 11.9 Å². The number of carbonyl (C=O) groups is 2. The number of aliphatic carboxylic acids is 2. The molecule has 25 heavy (non-hydrogen) atoms. The van der Waals surface area contributed by atoms with Gasteiger partial charge in [-0.15, -0.1) is 0 Å². The van der Waals surface area contributed by atoms with Gasteiger partial charge in [-0.25, -0.2) is 9.59 Å². The van der Waals surface area contributed by atoms with Crippen molar-refractivity contribution in [3.05, 3.63) is 24.3 Å². The lowest BCUT2D eigenvalue weighted by Crippen LogP contribution is -1.92. The molecule has 0 saturated carbocycles. The molecule has 5 heteroatoms. The highest BCUT2D eigenvalue weighted by Crippen LogP contribution is 2.10.